The average molecular weight is 445 g/mol. The second-order valence-corrected chi connectivity index (χ2v) is 8.98. The highest BCUT2D eigenvalue weighted by Gasteiger charge is 2.33. The first-order valence-electron chi connectivity index (χ1n) is 12.2. The van der Waals surface area contributed by atoms with Crippen molar-refractivity contribution in [3.63, 3.8) is 0 Å². The van der Waals surface area contributed by atoms with Gasteiger partial charge >= 0.3 is 0 Å². The van der Waals surface area contributed by atoms with E-state index in [1.54, 1.807) is 0 Å². The molecule has 7 heteroatoms. The fraction of sp³-hybridized carbons (Fsp3) is 0.680. The van der Waals surface area contributed by atoms with E-state index in [-0.39, 0.29) is 12.5 Å². The Morgan fingerprint density at radius 3 is 2.72 bits per heavy atom. The molecule has 0 aromatic heterocycles. The number of benzene rings is 1. The molecule has 0 aliphatic heterocycles. The van der Waals surface area contributed by atoms with Crippen molar-refractivity contribution in [2.45, 2.75) is 71.4 Å². The first-order chi connectivity index (χ1) is 15.6. The van der Waals surface area contributed by atoms with Crippen LogP contribution in [0.3, 0.4) is 0 Å². The van der Waals surface area contributed by atoms with Crippen LogP contribution in [0.15, 0.2) is 29.3 Å². The standard InChI is InChI=1S/C25H40N4O3/c1-3-26-24(28-19-25(12-5-6-13-25)14-15-31-4-2)27-17-20-8-7-9-22(16-20)32-18-23(30)29-21-10-11-21/h7-9,16,21H,3-6,10-15,17-19H2,1-2H3,(H,29,30)(H2,26,27,28). The first-order valence-corrected chi connectivity index (χ1v) is 12.2. The zero-order chi connectivity index (χ0) is 22.7. The molecule has 32 heavy (non-hydrogen) atoms. The normalized spacial score (nSPS) is 17.8. The van der Waals surface area contributed by atoms with Gasteiger partial charge < -0.3 is 25.4 Å². The van der Waals surface area contributed by atoms with Gasteiger partial charge in [-0.2, -0.15) is 0 Å². The molecule has 0 atom stereocenters. The smallest absolute Gasteiger partial charge is 0.258 e. The number of guanidine groups is 1. The molecule has 2 aliphatic rings. The summed E-state index contributed by atoms with van der Waals surface area (Å²) in [7, 11) is 0. The number of rotatable bonds is 13. The third-order valence-electron chi connectivity index (χ3n) is 6.25. The van der Waals surface area contributed by atoms with Crippen molar-refractivity contribution in [2.24, 2.45) is 10.4 Å². The van der Waals surface area contributed by atoms with E-state index in [0.29, 0.717) is 23.8 Å². The number of carbonyl (C=O) groups excluding carboxylic acids is 1. The Morgan fingerprint density at radius 2 is 2.00 bits per heavy atom. The summed E-state index contributed by atoms with van der Waals surface area (Å²) in [6, 6.07) is 8.17. The van der Waals surface area contributed by atoms with Crippen LogP contribution in [0.2, 0.25) is 0 Å². The monoisotopic (exact) mass is 444 g/mol. The molecule has 1 aromatic carbocycles. The Kier molecular flexibility index (Phi) is 9.65. The van der Waals surface area contributed by atoms with Gasteiger partial charge in [-0.05, 0) is 69.1 Å². The van der Waals surface area contributed by atoms with E-state index in [0.717, 1.165) is 57.1 Å². The zero-order valence-electron chi connectivity index (χ0n) is 19.8. The lowest BCUT2D eigenvalue weighted by molar-refractivity contribution is -0.123. The van der Waals surface area contributed by atoms with Crippen molar-refractivity contribution in [1.82, 2.24) is 16.0 Å². The molecule has 0 heterocycles. The lowest BCUT2D eigenvalue weighted by Crippen LogP contribution is -2.43. The van der Waals surface area contributed by atoms with Crippen molar-refractivity contribution >= 4 is 11.9 Å². The quantitative estimate of drug-likeness (QED) is 0.247. The van der Waals surface area contributed by atoms with Gasteiger partial charge in [0, 0.05) is 32.3 Å². The van der Waals surface area contributed by atoms with E-state index >= 15 is 0 Å². The highest BCUT2D eigenvalue weighted by Crippen LogP contribution is 2.40. The van der Waals surface area contributed by atoms with Crippen molar-refractivity contribution in [3.05, 3.63) is 29.8 Å². The van der Waals surface area contributed by atoms with Crippen molar-refractivity contribution in [3.8, 4) is 5.75 Å². The topological polar surface area (TPSA) is 84.0 Å². The fourth-order valence-corrected chi connectivity index (χ4v) is 4.24. The SMILES string of the molecule is CCNC(=NCc1cccc(OCC(=O)NC2CC2)c1)NCC1(CCOCC)CCCC1. The molecular formula is C25H40N4O3. The lowest BCUT2D eigenvalue weighted by atomic mass is 9.83. The first kappa shape index (κ1) is 24.4. The molecule has 0 spiro atoms. The maximum absolute atomic E-state index is 11.8. The van der Waals surface area contributed by atoms with E-state index in [1.807, 2.05) is 24.3 Å². The molecule has 1 aromatic rings. The predicted octanol–water partition coefficient (Wildman–Crippen LogP) is 3.39. The van der Waals surface area contributed by atoms with Crippen molar-refractivity contribution < 1.29 is 14.3 Å². The number of hydrogen-bond acceptors (Lipinski definition) is 4. The maximum Gasteiger partial charge on any atom is 0.258 e. The van der Waals surface area contributed by atoms with Gasteiger partial charge in [-0.15, -0.1) is 0 Å². The summed E-state index contributed by atoms with van der Waals surface area (Å²) in [6.45, 7) is 8.09. The molecule has 178 valence electrons. The van der Waals surface area contributed by atoms with E-state index in [1.165, 1.54) is 25.7 Å². The summed E-state index contributed by atoms with van der Waals surface area (Å²) in [5.41, 5.74) is 1.36. The minimum Gasteiger partial charge on any atom is -0.484 e. The summed E-state index contributed by atoms with van der Waals surface area (Å²) in [4.78, 5) is 16.6. The number of carbonyl (C=O) groups is 1. The number of hydrogen-bond donors (Lipinski definition) is 3. The Labute approximate surface area is 192 Å². The Bertz CT molecular complexity index is 742. The van der Waals surface area contributed by atoms with Gasteiger partial charge in [0.1, 0.15) is 5.75 Å². The molecular weight excluding hydrogens is 404 g/mol. The van der Waals surface area contributed by atoms with E-state index in [2.05, 4.69) is 29.8 Å². The van der Waals surface area contributed by atoms with Gasteiger partial charge in [0.15, 0.2) is 12.6 Å². The third kappa shape index (κ3) is 8.34. The molecule has 3 N–H and O–H groups in total. The highest BCUT2D eigenvalue weighted by molar-refractivity contribution is 5.79. The van der Waals surface area contributed by atoms with Crippen LogP contribution in [0, 0.1) is 5.41 Å². The van der Waals surface area contributed by atoms with Crippen LogP contribution in [0.25, 0.3) is 0 Å². The summed E-state index contributed by atoms with van der Waals surface area (Å²) < 4.78 is 11.3. The number of nitrogens with one attached hydrogen (secondary N) is 3. The van der Waals surface area contributed by atoms with Crippen LogP contribution >= 0.6 is 0 Å². The summed E-state index contributed by atoms with van der Waals surface area (Å²) >= 11 is 0. The van der Waals surface area contributed by atoms with Crippen LogP contribution < -0.4 is 20.7 Å². The van der Waals surface area contributed by atoms with Gasteiger partial charge in [0.25, 0.3) is 5.91 Å². The van der Waals surface area contributed by atoms with E-state index in [9.17, 15) is 4.79 Å². The number of nitrogens with zero attached hydrogens (tertiary/aromatic N) is 1. The summed E-state index contributed by atoms with van der Waals surface area (Å²) in [5, 5.41) is 9.88. The number of ether oxygens (including phenoxy) is 2. The molecule has 0 radical (unpaired) electrons. The highest BCUT2D eigenvalue weighted by atomic mass is 16.5. The molecule has 2 saturated carbocycles. The second-order valence-electron chi connectivity index (χ2n) is 8.98. The van der Waals surface area contributed by atoms with Crippen LogP contribution in [-0.4, -0.2) is 50.8 Å². The Hall–Kier alpha value is -2.28. The summed E-state index contributed by atoms with van der Waals surface area (Å²) in [6.07, 6.45) is 8.35. The second kappa shape index (κ2) is 12.7. The minimum atomic E-state index is -0.0558. The molecule has 0 bridgehead atoms. The van der Waals surface area contributed by atoms with E-state index < -0.39 is 0 Å². The van der Waals surface area contributed by atoms with Gasteiger partial charge in [-0.3, -0.25) is 4.79 Å². The van der Waals surface area contributed by atoms with Gasteiger partial charge in [0.05, 0.1) is 6.54 Å². The van der Waals surface area contributed by atoms with Gasteiger partial charge in [-0.25, -0.2) is 4.99 Å². The Balaban J connectivity index is 1.51. The van der Waals surface area contributed by atoms with Crippen LogP contribution in [0.5, 0.6) is 5.75 Å². The van der Waals surface area contributed by atoms with Gasteiger partial charge in [0.2, 0.25) is 0 Å². The molecule has 3 rings (SSSR count). The zero-order valence-corrected chi connectivity index (χ0v) is 19.8. The van der Waals surface area contributed by atoms with Crippen molar-refractivity contribution in [1.29, 1.82) is 0 Å². The predicted molar refractivity (Wildman–Crippen MR) is 128 cm³/mol. The fourth-order valence-electron chi connectivity index (χ4n) is 4.24. The molecule has 1 amide bonds. The van der Waals surface area contributed by atoms with Crippen molar-refractivity contribution in [2.75, 3.05) is 32.9 Å². The number of aliphatic imine (C=N–C) groups is 1. The minimum absolute atomic E-state index is 0.0528. The van der Waals surface area contributed by atoms with Gasteiger partial charge in [-0.1, -0.05) is 25.0 Å². The molecule has 2 fully saturated rings. The van der Waals surface area contributed by atoms with E-state index in [4.69, 9.17) is 14.5 Å². The molecule has 7 nitrogen and oxygen atoms in total. The average Bonchev–Trinajstić information content (AvgIpc) is 3.49. The van der Waals surface area contributed by atoms with Crippen LogP contribution in [0.4, 0.5) is 0 Å². The summed E-state index contributed by atoms with van der Waals surface area (Å²) in [5.74, 6) is 1.48. The van der Waals surface area contributed by atoms with Crippen LogP contribution in [-0.2, 0) is 16.1 Å². The third-order valence-corrected chi connectivity index (χ3v) is 6.25. The molecule has 0 unspecified atom stereocenters. The van der Waals surface area contributed by atoms with Crippen LogP contribution in [0.1, 0.15) is 64.4 Å². The lowest BCUT2D eigenvalue weighted by Gasteiger charge is -2.30. The maximum atomic E-state index is 11.8. The molecule has 2 aliphatic carbocycles. The largest absolute Gasteiger partial charge is 0.484 e. The Morgan fingerprint density at radius 1 is 1.19 bits per heavy atom. The number of amides is 1. The molecule has 0 saturated heterocycles.